The summed E-state index contributed by atoms with van der Waals surface area (Å²) in [5.41, 5.74) is -2.20. The Morgan fingerprint density at radius 2 is 1.34 bits per heavy atom. The van der Waals surface area contributed by atoms with Crippen LogP contribution in [0.1, 0.15) is 78.1 Å². The molecule has 0 aliphatic carbocycles. The summed E-state index contributed by atoms with van der Waals surface area (Å²) in [6, 6.07) is 0. The summed E-state index contributed by atoms with van der Waals surface area (Å²) in [5.74, 6) is -7.15. The predicted octanol–water partition coefficient (Wildman–Crippen LogP) is 2.16. The highest BCUT2D eigenvalue weighted by atomic mass is 32.2. The molecule has 0 saturated heterocycles. The van der Waals surface area contributed by atoms with Crippen LogP contribution in [0.25, 0.3) is 0 Å². The summed E-state index contributed by atoms with van der Waals surface area (Å²) in [4.78, 5) is 46.4. The van der Waals surface area contributed by atoms with Gasteiger partial charge in [0.15, 0.2) is 10.7 Å². The lowest BCUT2D eigenvalue weighted by Gasteiger charge is -2.30. The molecule has 32 heavy (non-hydrogen) atoms. The van der Waals surface area contributed by atoms with Gasteiger partial charge in [0.1, 0.15) is 0 Å². The average Bonchev–Trinajstić information content (AvgIpc) is 2.68. The van der Waals surface area contributed by atoms with E-state index in [9.17, 15) is 37.8 Å². The van der Waals surface area contributed by atoms with Gasteiger partial charge in [-0.1, -0.05) is 58.3 Å². The maximum absolute atomic E-state index is 12.0. The van der Waals surface area contributed by atoms with Gasteiger partial charge in [-0.3, -0.25) is 23.7 Å². The molecule has 0 aliphatic heterocycles. The summed E-state index contributed by atoms with van der Waals surface area (Å²) in [6.07, 6.45) is 6.85. The third-order valence-corrected chi connectivity index (χ3v) is 6.75. The van der Waals surface area contributed by atoms with Gasteiger partial charge >= 0.3 is 17.9 Å². The molecule has 0 radical (unpaired) electrons. The van der Waals surface area contributed by atoms with Crippen LogP contribution in [0, 0.1) is 11.3 Å². The Morgan fingerprint density at radius 1 is 0.875 bits per heavy atom. The lowest BCUT2D eigenvalue weighted by atomic mass is 9.74. The molecule has 2 atom stereocenters. The summed E-state index contributed by atoms with van der Waals surface area (Å²) in [7, 11) is -5.03. The van der Waals surface area contributed by atoms with Gasteiger partial charge in [0, 0.05) is 12.5 Å². The maximum Gasteiger partial charge on any atom is 0.324 e. The van der Waals surface area contributed by atoms with Crippen LogP contribution < -0.4 is 5.32 Å². The third kappa shape index (κ3) is 9.94. The van der Waals surface area contributed by atoms with Gasteiger partial charge < -0.3 is 20.6 Å². The molecule has 0 bridgehead atoms. The van der Waals surface area contributed by atoms with Crippen molar-refractivity contribution in [2.24, 2.45) is 11.3 Å². The lowest BCUT2D eigenvalue weighted by Crippen LogP contribution is -2.48. The maximum atomic E-state index is 12.0. The molecule has 11 nitrogen and oxygen atoms in total. The van der Waals surface area contributed by atoms with E-state index in [1.54, 1.807) is 0 Å². The van der Waals surface area contributed by atoms with Crippen molar-refractivity contribution in [3.8, 4) is 0 Å². The number of carbonyl (C=O) groups is 4. The highest BCUT2D eigenvalue weighted by Gasteiger charge is 2.48. The molecule has 186 valence electrons. The Morgan fingerprint density at radius 3 is 1.75 bits per heavy atom. The molecule has 5 N–H and O–H groups in total. The van der Waals surface area contributed by atoms with Crippen LogP contribution in [0.5, 0.6) is 0 Å². The Labute approximate surface area is 188 Å². The third-order valence-electron chi connectivity index (χ3n) is 5.66. The van der Waals surface area contributed by atoms with E-state index in [0.29, 0.717) is 6.42 Å². The molecule has 12 heteroatoms. The highest BCUT2D eigenvalue weighted by Crippen LogP contribution is 2.32. The van der Waals surface area contributed by atoms with Gasteiger partial charge in [0.25, 0.3) is 10.1 Å². The van der Waals surface area contributed by atoms with E-state index in [4.69, 9.17) is 9.66 Å². The summed E-state index contributed by atoms with van der Waals surface area (Å²) in [6.45, 7) is 2.76. The van der Waals surface area contributed by atoms with Crippen molar-refractivity contribution in [3.05, 3.63) is 0 Å². The van der Waals surface area contributed by atoms with Crippen LogP contribution in [-0.4, -0.2) is 63.9 Å². The second-order valence-electron chi connectivity index (χ2n) is 8.12. The van der Waals surface area contributed by atoms with Crippen molar-refractivity contribution < 1.29 is 47.5 Å². The molecule has 0 fully saturated rings. The molecule has 0 aromatic heterocycles. The Balaban J connectivity index is 5.07. The molecule has 2 unspecified atom stereocenters. The molecule has 0 rings (SSSR count). The number of aliphatic carboxylic acids is 3. The SMILES string of the molecule is CCCCCCCCCCC(CNC(=O)CC(C(=O)O)S(=O)(=O)O)C(C)(C(=O)O)C(=O)O. The largest absolute Gasteiger partial charge is 0.480 e. The zero-order valence-corrected chi connectivity index (χ0v) is 19.4. The van der Waals surface area contributed by atoms with Crippen molar-refractivity contribution in [2.75, 3.05) is 6.54 Å². The minimum Gasteiger partial charge on any atom is -0.480 e. The Hall–Kier alpha value is -2.21. The van der Waals surface area contributed by atoms with Crippen LogP contribution in [0.2, 0.25) is 0 Å². The average molecular weight is 482 g/mol. The molecule has 0 aliphatic rings. The van der Waals surface area contributed by atoms with Crippen LogP contribution in [-0.2, 0) is 29.3 Å². The van der Waals surface area contributed by atoms with E-state index in [0.717, 1.165) is 51.9 Å². The number of amides is 1. The number of carboxylic acids is 3. The first-order valence-corrected chi connectivity index (χ1v) is 12.2. The molecular formula is C20H35NO10S. The number of carboxylic acid groups (broad SMARTS) is 3. The van der Waals surface area contributed by atoms with E-state index < -0.39 is 63.5 Å². The van der Waals surface area contributed by atoms with Crippen molar-refractivity contribution in [3.63, 3.8) is 0 Å². The first-order chi connectivity index (χ1) is 14.8. The first kappa shape index (κ1) is 29.8. The second-order valence-corrected chi connectivity index (χ2v) is 9.72. The molecule has 0 aromatic rings. The van der Waals surface area contributed by atoms with E-state index in [1.807, 2.05) is 0 Å². The normalized spacial score (nSPS) is 13.8. The zero-order valence-electron chi connectivity index (χ0n) is 18.6. The van der Waals surface area contributed by atoms with Gasteiger partial charge in [0.2, 0.25) is 5.91 Å². The van der Waals surface area contributed by atoms with Crippen molar-refractivity contribution >= 4 is 33.9 Å². The first-order valence-electron chi connectivity index (χ1n) is 10.7. The molecule has 0 spiro atoms. The fourth-order valence-corrected chi connectivity index (χ4v) is 3.97. The van der Waals surface area contributed by atoms with Crippen molar-refractivity contribution in [1.29, 1.82) is 0 Å². The van der Waals surface area contributed by atoms with Crippen LogP contribution in [0.4, 0.5) is 0 Å². The highest BCUT2D eigenvalue weighted by molar-refractivity contribution is 7.87. The quantitative estimate of drug-likeness (QED) is 0.110. The van der Waals surface area contributed by atoms with E-state index >= 15 is 0 Å². The monoisotopic (exact) mass is 481 g/mol. The van der Waals surface area contributed by atoms with E-state index in [1.165, 1.54) is 0 Å². The number of hydrogen-bond acceptors (Lipinski definition) is 6. The fourth-order valence-electron chi connectivity index (χ4n) is 3.36. The minimum atomic E-state index is -5.03. The second kappa shape index (κ2) is 14.0. The van der Waals surface area contributed by atoms with Gasteiger partial charge in [-0.25, -0.2) is 0 Å². The number of hydrogen-bond donors (Lipinski definition) is 5. The minimum absolute atomic E-state index is 0.186. The number of nitrogens with one attached hydrogen (secondary N) is 1. The fraction of sp³-hybridized carbons (Fsp3) is 0.800. The Kier molecular flexibility index (Phi) is 13.1. The number of unbranched alkanes of at least 4 members (excludes halogenated alkanes) is 7. The molecular weight excluding hydrogens is 446 g/mol. The summed E-state index contributed by atoms with van der Waals surface area (Å²) >= 11 is 0. The van der Waals surface area contributed by atoms with Gasteiger partial charge in [-0.05, 0) is 13.3 Å². The van der Waals surface area contributed by atoms with Crippen molar-refractivity contribution in [2.45, 2.75) is 83.3 Å². The van der Waals surface area contributed by atoms with Gasteiger partial charge in [0.05, 0.1) is 6.42 Å². The van der Waals surface area contributed by atoms with E-state index in [-0.39, 0.29) is 6.42 Å². The Bertz CT molecular complexity index is 735. The molecule has 0 heterocycles. The molecule has 0 aromatic carbocycles. The predicted molar refractivity (Wildman–Crippen MR) is 115 cm³/mol. The van der Waals surface area contributed by atoms with Crippen LogP contribution >= 0.6 is 0 Å². The van der Waals surface area contributed by atoms with Gasteiger partial charge in [-0.15, -0.1) is 0 Å². The van der Waals surface area contributed by atoms with Crippen LogP contribution in [0.3, 0.4) is 0 Å². The van der Waals surface area contributed by atoms with Gasteiger partial charge in [-0.2, -0.15) is 8.42 Å². The zero-order chi connectivity index (χ0) is 24.9. The number of carbonyl (C=O) groups excluding carboxylic acids is 1. The standard InChI is InChI=1S/C20H35NO10S/c1-3-4-5-6-7-8-9-10-11-14(20(2,18(25)26)19(27)28)13-21-16(22)12-15(17(23)24)32(29,30)31/h14-15H,3-13H2,1-2H3,(H,21,22)(H,23,24)(H,25,26)(H,27,28)(H,29,30,31). The molecule has 1 amide bonds. The number of rotatable bonds is 18. The van der Waals surface area contributed by atoms with E-state index in [2.05, 4.69) is 12.2 Å². The lowest BCUT2D eigenvalue weighted by molar-refractivity contribution is -0.168. The summed E-state index contributed by atoms with van der Waals surface area (Å²) in [5, 5.41) is 27.7. The smallest absolute Gasteiger partial charge is 0.324 e. The van der Waals surface area contributed by atoms with Crippen molar-refractivity contribution in [1.82, 2.24) is 5.32 Å². The molecule has 0 saturated carbocycles. The topological polar surface area (TPSA) is 195 Å². The summed E-state index contributed by atoms with van der Waals surface area (Å²) < 4.78 is 31.2. The van der Waals surface area contributed by atoms with Crippen LogP contribution in [0.15, 0.2) is 0 Å².